The van der Waals surface area contributed by atoms with Crippen molar-refractivity contribution in [2.24, 2.45) is 0 Å². The molecule has 2 heterocycles. The number of aryl methyl sites for hydroxylation is 1. The van der Waals surface area contributed by atoms with Crippen molar-refractivity contribution in [2.75, 3.05) is 0 Å². The van der Waals surface area contributed by atoms with Crippen molar-refractivity contribution in [2.45, 2.75) is 17.7 Å². The smallest absolute Gasteiger partial charge is 0.301 e. The SMILES string of the molecule is Cc1cccc2c(=O)[nH]c(CSc3ncccc3[N+](=O)[O-])nc12. The second kappa shape index (κ2) is 6.17. The maximum absolute atomic E-state index is 12.1. The third-order valence-electron chi connectivity index (χ3n) is 3.28. The van der Waals surface area contributed by atoms with Gasteiger partial charge >= 0.3 is 5.69 Å². The highest BCUT2D eigenvalue weighted by Crippen LogP contribution is 2.28. The van der Waals surface area contributed by atoms with Crippen LogP contribution >= 0.6 is 11.8 Å². The first kappa shape index (κ1) is 15.2. The van der Waals surface area contributed by atoms with E-state index in [1.807, 2.05) is 13.0 Å². The van der Waals surface area contributed by atoms with Gasteiger partial charge in [-0.2, -0.15) is 0 Å². The number of aromatic nitrogens is 3. The lowest BCUT2D eigenvalue weighted by Gasteiger charge is -2.05. The Hall–Kier alpha value is -2.74. The molecule has 0 radical (unpaired) electrons. The molecule has 0 aliphatic carbocycles. The minimum absolute atomic E-state index is 0.0585. The summed E-state index contributed by atoms with van der Waals surface area (Å²) in [5.41, 5.74) is 1.27. The predicted octanol–water partition coefficient (Wildman–Crippen LogP) is 2.83. The fourth-order valence-electron chi connectivity index (χ4n) is 2.19. The summed E-state index contributed by atoms with van der Waals surface area (Å²) >= 11 is 1.17. The summed E-state index contributed by atoms with van der Waals surface area (Å²) in [6.07, 6.45) is 1.50. The Bertz CT molecular complexity index is 955. The molecule has 0 spiro atoms. The van der Waals surface area contributed by atoms with Crippen molar-refractivity contribution >= 4 is 28.4 Å². The van der Waals surface area contributed by atoms with Gasteiger partial charge in [0.2, 0.25) is 0 Å². The zero-order chi connectivity index (χ0) is 16.4. The molecule has 3 aromatic rings. The quantitative estimate of drug-likeness (QED) is 0.449. The number of para-hydroxylation sites is 1. The van der Waals surface area contributed by atoms with Crippen LogP contribution in [0.1, 0.15) is 11.4 Å². The van der Waals surface area contributed by atoms with E-state index in [-0.39, 0.29) is 17.0 Å². The number of H-pyrrole nitrogens is 1. The third-order valence-corrected chi connectivity index (χ3v) is 4.29. The number of aromatic amines is 1. The van der Waals surface area contributed by atoms with Gasteiger partial charge in [0.15, 0.2) is 5.03 Å². The Balaban J connectivity index is 1.93. The zero-order valence-corrected chi connectivity index (χ0v) is 13.0. The van der Waals surface area contributed by atoms with E-state index in [0.717, 1.165) is 5.56 Å². The number of hydrogen-bond acceptors (Lipinski definition) is 6. The zero-order valence-electron chi connectivity index (χ0n) is 12.1. The molecular formula is C15H12N4O3S. The number of benzene rings is 1. The van der Waals surface area contributed by atoms with E-state index >= 15 is 0 Å². The summed E-state index contributed by atoms with van der Waals surface area (Å²) in [7, 11) is 0. The maximum atomic E-state index is 12.1. The number of nitro groups is 1. The second-order valence-electron chi connectivity index (χ2n) is 4.86. The van der Waals surface area contributed by atoms with Crippen molar-refractivity contribution in [3.63, 3.8) is 0 Å². The molecule has 3 rings (SSSR count). The summed E-state index contributed by atoms with van der Waals surface area (Å²) in [6.45, 7) is 1.88. The second-order valence-corrected chi connectivity index (χ2v) is 5.82. The lowest BCUT2D eigenvalue weighted by Crippen LogP contribution is -2.12. The fraction of sp³-hybridized carbons (Fsp3) is 0.133. The molecule has 0 bridgehead atoms. The van der Waals surface area contributed by atoms with Crippen LogP contribution in [0.15, 0.2) is 46.3 Å². The minimum atomic E-state index is -0.476. The van der Waals surface area contributed by atoms with Crippen molar-refractivity contribution in [3.8, 4) is 0 Å². The van der Waals surface area contributed by atoms with Crippen LogP contribution in [0, 0.1) is 17.0 Å². The topological polar surface area (TPSA) is 102 Å². The number of rotatable bonds is 4. The van der Waals surface area contributed by atoms with Crippen LogP contribution in [0.25, 0.3) is 10.9 Å². The fourth-order valence-corrected chi connectivity index (χ4v) is 3.03. The number of nitrogens with zero attached hydrogens (tertiary/aromatic N) is 3. The Morgan fingerprint density at radius 2 is 2.13 bits per heavy atom. The number of nitrogens with one attached hydrogen (secondary N) is 1. The summed E-state index contributed by atoms with van der Waals surface area (Å²) in [4.78, 5) is 33.8. The van der Waals surface area contributed by atoms with Gasteiger partial charge in [-0.15, -0.1) is 0 Å². The maximum Gasteiger partial charge on any atom is 0.301 e. The number of pyridine rings is 1. The van der Waals surface area contributed by atoms with Gasteiger partial charge in [0, 0.05) is 12.3 Å². The van der Waals surface area contributed by atoms with E-state index in [9.17, 15) is 14.9 Å². The molecule has 0 saturated carbocycles. The van der Waals surface area contributed by atoms with Crippen LogP contribution in [0.4, 0.5) is 5.69 Å². The molecular weight excluding hydrogens is 316 g/mol. The van der Waals surface area contributed by atoms with Crippen molar-refractivity contribution < 1.29 is 4.92 Å². The molecule has 116 valence electrons. The van der Waals surface area contributed by atoms with E-state index in [4.69, 9.17) is 0 Å². The van der Waals surface area contributed by atoms with E-state index < -0.39 is 4.92 Å². The molecule has 0 unspecified atom stereocenters. The molecule has 0 aliphatic heterocycles. The van der Waals surface area contributed by atoms with E-state index in [1.165, 1.54) is 30.1 Å². The molecule has 7 nitrogen and oxygen atoms in total. The third kappa shape index (κ3) is 3.07. The number of hydrogen-bond donors (Lipinski definition) is 1. The van der Waals surface area contributed by atoms with Gasteiger partial charge in [0.25, 0.3) is 5.56 Å². The normalized spacial score (nSPS) is 10.8. The van der Waals surface area contributed by atoms with Crippen LogP contribution in [-0.2, 0) is 5.75 Å². The van der Waals surface area contributed by atoms with Crippen molar-refractivity contribution in [3.05, 3.63) is 68.4 Å². The Kier molecular flexibility index (Phi) is 4.07. The predicted molar refractivity (Wildman–Crippen MR) is 87.6 cm³/mol. The van der Waals surface area contributed by atoms with Gasteiger partial charge < -0.3 is 4.98 Å². The summed E-state index contributed by atoms with van der Waals surface area (Å²) in [6, 6.07) is 8.32. The molecule has 0 atom stereocenters. The first-order valence-corrected chi connectivity index (χ1v) is 7.75. The minimum Gasteiger partial charge on any atom is -0.309 e. The van der Waals surface area contributed by atoms with Gasteiger partial charge in [-0.25, -0.2) is 9.97 Å². The largest absolute Gasteiger partial charge is 0.309 e. The van der Waals surface area contributed by atoms with Crippen LogP contribution in [0.5, 0.6) is 0 Å². The molecule has 2 aromatic heterocycles. The van der Waals surface area contributed by atoms with Crippen LogP contribution in [-0.4, -0.2) is 19.9 Å². The molecule has 1 N–H and O–H groups in total. The Labute approximate surface area is 134 Å². The van der Waals surface area contributed by atoms with Crippen molar-refractivity contribution in [1.82, 2.24) is 15.0 Å². The van der Waals surface area contributed by atoms with Gasteiger partial charge in [-0.3, -0.25) is 14.9 Å². The molecule has 8 heteroatoms. The molecule has 0 aliphatic rings. The van der Waals surface area contributed by atoms with Crippen LogP contribution in [0.3, 0.4) is 0 Å². The number of thioether (sulfide) groups is 1. The van der Waals surface area contributed by atoms with Gasteiger partial charge in [-0.05, 0) is 24.6 Å². The summed E-state index contributed by atoms with van der Waals surface area (Å²) in [5.74, 6) is 0.749. The Morgan fingerprint density at radius 1 is 1.30 bits per heavy atom. The van der Waals surface area contributed by atoms with Crippen LogP contribution in [0.2, 0.25) is 0 Å². The summed E-state index contributed by atoms with van der Waals surface area (Å²) < 4.78 is 0. The highest BCUT2D eigenvalue weighted by Gasteiger charge is 2.15. The monoisotopic (exact) mass is 328 g/mol. The van der Waals surface area contributed by atoms with Crippen LogP contribution < -0.4 is 5.56 Å². The lowest BCUT2D eigenvalue weighted by molar-refractivity contribution is -0.388. The first-order chi connectivity index (χ1) is 11.1. The van der Waals surface area contributed by atoms with Gasteiger partial charge in [-0.1, -0.05) is 23.9 Å². The van der Waals surface area contributed by atoms with Gasteiger partial charge in [0.1, 0.15) is 5.82 Å². The van der Waals surface area contributed by atoms with E-state index in [0.29, 0.717) is 21.8 Å². The highest BCUT2D eigenvalue weighted by molar-refractivity contribution is 7.98. The molecule has 0 saturated heterocycles. The first-order valence-electron chi connectivity index (χ1n) is 6.77. The van der Waals surface area contributed by atoms with E-state index in [2.05, 4.69) is 15.0 Å². The number of fused-ring (bicyclic) bond motifs is 1. The molecule has 1 aromatic carbocycles. The van der Waals surface area contributed by atoms with E-state index in [1.54, 1.807) is 12.1 Å². The lowest BCUT2D eigenvalue weighted by atomic mass is 10.1. The summed E-state index contributed by atoms with van der Waals surface area (Å²) in [5, 5.41) is 11.8. The van der Waals surface area contributed by atoms with Crippen molar-refractivity contribution in [1.29, 1.82) is 0 Å². The average Bonchev–Trinajstić information content (AvgIpc) is 2.54. The molecule has 0 amide bonds. The standard InChI is InChI=1S/C15H12N4O3S/c1-9-4-2-5-10-13(9)17-12(18-14(10)20)8-23-15-11(19(21)22)6-3-7-16-15/h2-7H,8H2,1H3,(H,17,18,20). The highest BCUT2D eigenvalue weighted by atomic mass is 32.2. The molecule has 0 fully saturated rings. The molecule has 23 heavy (non-hydrogen) atoms. The van der Waals surface area contributed by atoms with Gasteiger partial charge in [0.05, 0.1) is 21.6 Å². The Morgan fingerprint density at radius 3 is 2.91 bits per heavy atom. The average molecular weight is 328 g/mol.